The molecule has 20 heavy (non-hydrogen) atoms. The molecule has 0 aromatic carbocycles. The third-order valence-corrected chi connectivity index (χ3v) is 3.38. The van der Waals surface area contributed by atoms with Crippen LogP contribution in [0.2, 0.25) is 0 Å². The molecule has 0 bridgehead atoms. The summed E-state index contributed by atoms with van der Waals surface area (Å²) in [7, 11) is 0. The number of aromatic nitrogens is 2. The maximum absolute atomic E-state index is 5.77. The van der Waals surface area contributed by atoms with Crippen molar-refractivity contribution in [3.8, 4) is 0 Å². The molecule has 0 unspecified atom stereocenters. The van der Waals surface area contributed by atoms with Crippen LogP contribution in [0.25, 0.3) is 0 Å². The third kappa shape index (κ3) is 3.82. The summed E-state index contributed by atoms with van der Waals surface area (Å²) in [5.74, 6) is 2.83. The Hall–Kier alpha value is -1.36. The highest BCUT2D eigenvalue weighted by molar-refractivity contribution is 5.50. The molecule has 0 radical (unpaired) electrons. The fourth-order valence-corrected chi connectivity index (χ4v) is 2.36. The Bertz CT molecular complexity index is 447. The van der Waals surface area contributed by atoms with Gasteiger partial charge in [0.25, 0.3) is 0 Å². The number of nitrogens with one attached hydrogen (secondary N) is 1. The van der Waals surface area contributed by atoms with Gasteiger partial charge in [0, 0.05) is 32.1 Å². The van der Waals surface area contributed by atoms with Gasteiger partial charge in [0.05, 0.1) is 12.2 Å². The van der Waals surface area contributed by atoms with Crippen LogP contribution in [0.5, 0.6) is 0 Å². The first kappa shape index (κ1) is 15.0. The Labute approximate surface area is 121 Å². The van der Waals surface area contributed by atoms with Crippen molar-refractivity contribution in [3.63, 3.8) is 0 Å². The van der Waals surface area contributed by atoms with Crippen LogP contribution in [0.1, 0.15) is 39.9 Å². The van der Waals surface area contributed by atoms with Gasteiger partial charge in [0.1, 0.15) is 17.5 Å². The molecular weight excluding hydrogens is 252 g/mol. The lowest BCUT2D eigenvalue weighted by Crippen LogP contribution is -2.48. The summed E-state index contributed by atoms with van der Waals surface area (Å²) < 4.78 is 5.77. The maximum atomic E-state index is 5.77. The Morgan fingerprint density at radius 2 is 2.15 bits per heavy atom. The minimum atomic E-state index is -0.118. The van der Waals surface area contributed by atoms with Gasteiger partial charge in [-0.25, -0.2) is 9.97 Å². The zero-order valence-corrected chi connectivity index (χ0v) is 13.1. The zero-order valence-electron chi connectivity index (χ0n) is 13.1. The van der Waals surface area contributed by atoms with E-state index in [9.17, 15) is 0 Å². The van der Waals surface area contributed by atoms with Crippen LogP contribution in [0.3, 0.4) is 0 Å². The molecule has 0 spiro atoms. The number of morpholine rings is 1. The van der Waals surface area contributed by atoms with Crippen molar-refractivity contribution in [1.82, 2.24) is 9.97 Å². The minimum absolute atomic E-state index is 0.118. The van der Waals surface area contributed by atoms with Crippen molar-refractivity contribution in [2.45, 2.75) is 46.1 Å². The topological polar surface area (TPSA) is 50.3 Å². The van der Waals surface area contributed by atoms with Gasteiger partial charge in [-0.1, -0.05) is 13.8 Å². The summed E-state index contributed by atoms with van der Waals surface area (Å²) in [4.78, 5) is 11.5. The Kier molecular flexibility index (Phi) is 4.81. The van der Waals surface area contributed by atoms with E-state index in [1.54, 1.807) is 0 Å². The largest absolute Gasteiger partial charge is 0.372 e. The van der Waals surface area contributed by atoms with Crippen molar-refractivity contribution in [1.29, 1.82) is 0 Å². The predicted octanol–water partition coefficient (Wildman–Crippen LogP) is 2.48. The second-order valence-electron chi connectivity index (χ2n) is 5.84. The Morgan fingerprint density at radius 1 is 1.35 bits per heavy atom. The monoisotopic (exact) mass is 278 g/mol. The van der Waals surface area contributed by atoms with E-state index in [1.165, 1.54) is 0 Å². The molecule has 2 rings (SSSR count). The SMILES string of the molecule is CCCNc1cc(N2CCOC(C)(C)C2)nc(CC)n1. The summed E-state index contributed by atoms with van der Waals surface area (Å²) in [6, 6.07) is 2.05. The highest BCUT2D eigenvalue weighted by atomic mass is 16.5. The first-order chi connectivity index (χ1) is 9.54. The van der Waals surface area contributed by atoms with Crippen LogP contribution in [-0.2, 0) is 11.2 Å². The fraction of sp³-hybridized carbons (Fsp3) is 0.733. The molecule has 1 aromatic rings. The van der Waals surface area contributed by atoms with E-state index < -0.39 is 0 Å². The molecule has 0 atom stereocenters. The number of hydrogen-bond acceptors (Lipinski definition) is 5. The lowest BCUT2D eigenvalue weighted by atomic mass is 10.1. The maximum Gasteiger partial charge on any atom is 0.134 e. The molecule has 0 amide bonds. The van der Waals surface area contributed by atoms with Crippen molar-refractivity contribution in [3.05, 3.63) is 11.9 Å². The second kappa shape index (κ2) is 6.39. The van der Waals surface area contributed by atoms with Crippen molar-refractivity contribution in [2.24, 2.45) is 0 Å². The summed E-state index contributed by atoms with van der Waals surface area (Å²) in [5, 5.41) is 3.36. The summed E-state index contributed by atoms with van der Waals surface area (Å²) >= 11 is 0. The number of rotatable bonds is 5. The molecular formula is C15H26N4O. The number of hydrogen-bond donors (Lipinski definition) is 1. The van der Waals surface area contributed by atoms with Gasteiger partial charge in [-0.2, -0.15) is 0 Å². The van der Waals surface area contributed by atoms with Crippen LogP contribution in [-0.4, -0.2) is 41.8 Å². The molecule has 1 N–H and O–H groups in total. The quantitative estimate of drug-likeness (QED) is 0.896. The molecule has 0 aliphatic carbocycles. The average Bonchev–Trinajstić information content (AvgIpc) is 2.43. The first-order valence-electron chi connectivity index (χ1n) is 7.55. The number of anilines is 2. The van der Waals surface area contributed by atoms with Crippen LogP contribution in [0, 0.1) is 0 Å². The Balaban J connectivity index is 2.21. The fourth-order valence-electron chi connectivity index (χ4n) is 2.36. The van der Waals surface area contributed by atoms with Gasteiger partial charge >= 0.3 is 0 Å². The molecule has 5 heteroatoms. The van der Waals surface area contributed by atoms with E-state index in [4.69, 9.17) is 4.74 Å². The van der Waals surface area contributed by atoms with E-state index in [0.29, 0.717) is 0 Å². The van der Waals surface area contributed by atoms with Gasteiger partial charge in [-0.05, 0) is 20.3 Å². The van der Waals surface area contributed by atoms with Crippen LogP contribution in [0.15, 0.2) is 6.07 Å². The first-order valence-corrected chi connectivity index (χ1v) is 7.55. The molecule has 1 fully saturated rings. The zero-order chi connectivity index (χ0) is 14.6. The van der Waals surface area contributed by atoms with Crippen LogP contribution < -0.4 is 10.2 Å². The van der Waals surface area contributed by atoms with E-state index in [0.717, 1.165) is 56.5 Å². The molecule has 1 aromatic heterocycles. The molecule has 112 valence electrons. The van der Waals surface area contributed by atoms with Gasteiger partial charge in [0.2, 0.25) is 0 Å². The Morgan fingerprint density at radius 3 is 2.80 bits per heavy atom. The van der Waals surface area contributed by atoms with Gasteiger partial charge in [0.15, 0.2) is 0 Å². The van der Waals surface area contributed by atoms with Crippen molar-refractivity contribution in [2.75, 3.05) is 36.5 Å². The van der Waals surface area contributed by atoms with Crippen LogP contribution in [0.4, 0.5) is 11.6 Å². The van der Waals surface area contributed by atoms with E-state index in [1.807, 2.05) is 0 Å². The smallest absolute Gasteiger partial charge is 0.134 e. The minimum Gasteiger partial charge on any atom is -0.372 e. The number of nitrogens with zero attached hydrogens (tertiary/aromatic N) is 3. The second-order valence-corrected chi connectivity index (χ2v) is 5.84. The third-order valence-electron chi connectivity index (χ3n) is 3.38. The van der Waals surface area contributed by atoms with Crippen LogP contribution >= 0.6 is 0 Å². The standard InChI is InChI=1S/C15H26N4O/c1-5-7-16-13-10-14(18-12(6-2)17-13)19-8-9-20-15(3,4)11-19/h10H,5-9,11H2,1-4H3,(H,16,17,18). The van der Waals surface area contributed by atoms with E-state index in [-0.39, 0.29) is 5.60 Å². The lowest BCUT2D eigenvalue weighted by Gasteiger charge is -2.38. The van der Waals surface area contributed by atoms with Crippen molar-refractivity contribution >= 4 is 11.6 Å². The number of aryl methyl sites for hydroxylation is 1. The summed E-state index contributed by atoms with van der Waals surface area (Å²) in [6.07, 6.45) is 1.94. The molecule has 5 nitrogen and oxygen atoms in total. The van der Waals surface area contributed by atoms with Gasteiger partial charge in [-0.15, -0.1) is 0 Å². The number of ether oxygens (including phenoxy) is 1. The normalized spacial score (nSPS) is 18.1. The van der Waals surface area contributed by atoms with Crippen molar-refractivity contribution < 1.29 is 4.74 Å². The van der Waals surface area contributed by atoms with Gasteiger partial charge in [-0.3, -0.25) is 0 Å². The average molecular weight is 278 g/mol. The van der Waals surface area contributed by atoms with Gasteiger partial charge < -0.3 is 15.0 Å². The highest BCUT2D eigenvalue weighted by Crippen LogP contribution is 2.23. The van der Waals surface area contributed by atoms with E-state index in [2.05, 4.69) is 53.9 Å². The van der Waals surface area contributed by atoms with E-state index >= 15 is 0 Å². The predicted molar refractivity (Wildman–Crippen MR) is 82.4 cm³/mol. The molecule has 0 saturated carbocycles. The molecule has 1 aliphatic heterocycles. The molecule has 1 saturated heterocycles. The molecule has 1 aliphatic rings. The summed E-state index contributed by atoms with van der Waals surface area (Å²) in [6.45, 7) is 11.9. The highest BCUT2D eigenvalue weighted by Gasteiger charge is 2.28. The molecule has 2 heterocycles. The lowest BCUT2D eigenvalue weighted by molar-refractivity contribution is -0.0279. The summed E-state index contributed by atoms with van der Waals surface area (Å²) in [5.41, 5.74) is -0.118.